The molecule has 0 bridgehead atoms. The number of halogens is 1. The van der Waals surface area contributed by atoms with Gasteiger partial charge in [0.05, 0.1) is 18.9 Å². The van der Waals surface area contributed by atoms with Gasteiger partial charge in [0.15, 0.2) is 0 Å². The molecular weight excluding hydrogens is 240 g/mol. The van der Waals surface area contributed by atoms with Crippen molar-refractivity contribution in [3.05, 3.63) is 42.1 Å². The molecule has 0 aromatic carbocycles. The van der Waals surface area contributed by atoms with E-state index < -0.39 is 0 Å². The lowest BCUT2D eigenvalue weighted by Crippen LogP contribution is -2.12. The van der Waals surface area contributed by atoms with E-state index in [4.69, 9.17) is 16.3 Å². The number of aromatic nitrogens is 3. The van der Waals surface area contributed by atoms with Crippen LogP contribution in [0.4, 0.5) is 5.82 Å². The number of nitrogens with one attached hydrogen (secondary N) is 1. The third-order valence-corrected chi connectivity index (χ3v) is 2.24. The first kappa shape index (κ1) is 11.6. The lowest BCUT2D eigenvalue weighted by atomic mass is 10.5. The average molecular weight is 251 g/mol. The molecule has 0 amide bonds. The Kier molecular flexibility index (Phi) is 4.10. The zero-order valence-corrected chi connectivity index (χ0v) is 9.76. The van der Waals surface area contributed by atoms with E-state index in [0.29, 0.717) is 24.0 Å². The minimum Gasteiger partial charge on any atom is -0.490 e. The summed E-state index contributed by atoms with van der Waals surface area (Å²) in [6.45, 7) is 1.11. The minimum absolute atomic E-state index is 0.494. The first-order chi connectivity index (χ1) is 8.36. The standard InChI is InChI=1S/C11H11ClN4O/c12-10-7-14-8-16-11(10)15-4-5-17-9-2-1-3-13-6-9/h1-3,6-8H,4-5H2,(H,14,15,16). The van der Waals surface area contributed by atoms with Crippen molar-refractivity contribution < 1.29 is 4.74 Å². The lowest BCUT2D eigenvalue weighted by Gasteiger charge is -2.08. The van der Waals surface area contributed by atoms with Crippen molar-refractivity contribution in [2.45, 2.75) is 0 Å². The molecule has 0 aliphatic heterocycles. The van der Waals surface area contributed by atoms with E-state index in [1.807, 2.05) is 12.1 Å². The lowest BCUT2D eigenvalue weighted by molar-refractivity contribution is 0.331. The highest BCUT2D eigenvalue weighted by Gasteiger charge is 1.99. The first-order valence-electron chi connectivity index (χ1n) is 5.08. The maximum absolute atomic E-state index is 5.88. The molecule has 1 N–H and O–H groups in total. The fourth-order valence-corrected chi connectivity index (χ4v) is 1.39. The van der Waals surface area contributed by atoms with Gasteiger partial charge in [-0.1, -0.05) is 11.6 Å². The second-order valence-corrected chi connectivity index (χ2v) is 3.59. The van der Waals surface area contributed by atoms with E-state index in [1.165, 1.54) is 6.33 Å². The van der Waals surface area contributed by atoms with Gasteiger partial charge in [-0.05, 0) is 12.1 Å². The van der Waals surface area contributed by atoms with Crippen molar-refractivity contribution in [3.63, 3.8) is 0 Å². The van der Waals surface area contributed by atoms with Gasteiger partial charge in [0.2, 0.25) is 0 Å². The number of nitrogens with zero attached hydrogens (tertiary/aromatic N) is 3. The highest BCUT2D eigenvalue weighted by molar-refractivity contribution is 6.32. The largest absolute Gasteiger partial charge is 0.490 e. The van der Waals surface area contributed by atoms with E-state index in [0.717, 1.165) is 5.75 Å². The van der Waals surface area contributed by atoms with Crippen molar-refractivity contribution in [3.8, 4) is 5.75 Å². The molecule has 0 atom stereocenters. The molecule has 2 aromatic rings. The summed E-state index contributed by atoms with van der Waals surface area (Å²) in [6.07, 6.45) is 6.35. The normalized spacial score (nSPS) is 9.94. The van der Waals surface area contributed by atoms with Crippen LogP contribution in [0.15, 0.2) is 37.1 Å². The molecule has 0 saturated carbocycles. The molecule has 0 aliphatic rings. The van der Waals surface area contributed by atoms with Gasteiger partial charge in [0.25, 0.3) is 0 Å². The van der Waals surface area contributed by atoms with E-state index in [-0.39, 0.29) is 0 Å². The molecule has 0 unspecified atom stereocenters. The first-order valence-corrected chi connectivity index (χ1v) is 5.46. The predicted octanol–water partition coefficient (Wildman–Crippen LogP) is 2.02. The van der Waals surface area contributed by atoms with E-state index in [2.05, 4.69) is 20.3 Å². The van der Waals surface area contributed by atoms with Crippen molar-refractivity contribution in [2.24, 2.45) is 0 Å². The molecule has 2 rings (SSSR count). The summed E-state index contributed by atoms with van der Waals surface area (Å²) in [7, 11) is 0. The Hall–Kier alpha value is -1.88. The molecule has 2 heterocycles. The number of anilines is 1. The van der Waals surface area contributed by atoms with Crippen LogP contribution in [0.25, 0.3) is 0 Å². The van der Waals surface area contributed by atoms with Gasteiger partial charge in [0, 0.05) is 6.20 Å². The summed E-state index contributed by atoms with van der Waals surface area (Å²) in [5, 5.41) is 3.55. The van der Waals surface area contributed by atoms with Crippen LogP contribution in [0.5, 0.6) is 5.75 Å². The van der Waals surface area contributed by atoms with Crippen LogP contribution in [0.3, 0.4) is 0 Å². The van der Waals surface area contributed by atoms with Crippen molar-refractivity contribution in [1.82, 2.24) is 15.0 Å². The maximum atomic E-state index is 5.88. The van der Waals surface area contributed by atoms with Crippen LogP contribution in [-0.2, 0) is 0 Å². The summed E-state index contributed by atoms with van der Waals surface area (Å²) >= 11 is 5.88. The molecule has 6 heteroatoms. The molecule has 2 aromatic heterocycles. The third kappa shape index (κ3) is 3.57. The quantitative estimate of drug-likeness (QED) is 0.823. The molecule has 0 fully saturated rings. The van der Waals surface area contributed by atoms with Crippen molar-refractivity contribution in [1.29, 1.82) is 0 Å². The summed E-state index contributed by atoms with van der Waals surface area (Å²) in [5.74, 6) is 1.35. The highest BCUT2D eigenvalue weighted by atomic mass is 35.5. The van der Waals surface area contributed by atoms with Gasteiger partial charge in [-0.25, -0.2) is 9.97 Å². The summed E-state index contributed by atoms with van der Waals surface area (Å²) in [4.78, 5) is 11.7. The minimum atomic E-state index is 0.494. The predicted molar refractivity (Wildman–Crippen MR) is 65.3 cm³/mol. The average Bonchev–Trinajstić information content (AvgIpc) is 2.38. The molecule has 0 spiro atoms. The zero-order chi connectivity index (χ0) is 11.9. The highest BCUT2D eigenvalue weighted by Crippen LogP contribution is 2.15. The molecular formula is C11H11ClN4O. The fourth-order valence-electron chi connectivity index (χ4n) is 1.21. The summed E-state index contributed by atoms with van der Waals surface area (Å²) in [6, 6.07) is 3.68. The third-order valence-electron chi connectivity index (χ3n) is 1.97. The van der Waals surface area contributed by atoms with Gasteiger partial charge in [-0.2, -0.15) is 0 Å². The summed E-state index contributed by atoms with van der Waals surface area (Å²) < 4.78 is 5.46. The Morgan fingerprint density at radius 1 is 1.29 bits per heavy atom. The van der Waals surface area contributed by atoms with Gasteiger partial charge in [-0.15, -0.1) is 0 Å². The summed E-state index contributed by atoms with van der Waals surface area (Å²) in [5.41, 5.74) is 0. The van der Waals surface area contributed by atoms with Crippen LogP contribution in [0.1, 0.15) is 0 Å². The Morgan fingerprint density at radius 2 is 2.24 bits per heavy atom. The van der Waals surface area contributed by atoms with Crippen LogP contribution in [0, 0.1) is 0 Å². The van der Waals surface area contributed by atoms with E-state index in [9.17, 15) is 0 Å². The second-order valence-electron chi connectivity index (χ2n) is 3.18. The monoisotopic (exact) mass is 250 g/mol. The Balaban J connectivity index is 1.76. The molecule has 88 valence electrons. The van der Waals surface area contributed by atoms with Gasteiger partial charge in [-0.3, -0.25) is 4.98 Å². The van der Waals surface area contributed by atoms with Gasteiger partial charge < -0.3 is 10.1 Å². The van der Waals surface area contributed by atoms with E-state index in [1.54, 1.807) is 18.6 Å². The number of pyridine rings is 1. The van der Waals surface area contributed by atoms with Crippen molar-refractivity contribution >= 4 is 17.4 Å². The van der Waals surface area contributed by atoms with Gasteiger partial charge >= 0.3 is 0 Å². The topological polar surface area (TPSA) is 59.9 Å². The fraction of sp³-hybridized carbons (Fsp3) is 0.182. The van der Waals surface area contributed by atoms with Crippen LogP contribution >= 0.6 is 11.6 Å². The zero-order valence-electron chi connectivity index (χ0n) is 9.01. The van der Waals surface area contributed by atoms with E-state index >= 15 is 0 Å². The molecule has 5 nitrogen and oxygen atoms in total. The van der Waals surface area contributed by atoms with Gasteiger partial charge in [0.1, 0.15) is 29.5 Å². The van der Waals surface area contributed by atoms with Crippen LogP contribution in [0.2, 0.25) is 5.02 Å². The number of hydrogen-bond donors (Lipinski definition) is 1. The second kappa shape index (κ2) is 6.00. The van der Waals surface area contributed by atoms with Crippen LogP contribution < -0.4 is 10.1 Å². The SMILES string of the molecule is Clc1cncnc1NCCOc1cccnc1. The molecule has 0 saturated heterocycles. The maximum Gasteiger partial charge on any atom is 0.148 e. The molecule has 17 heavy (non-hydrogen) atoms. The molecule has 0 aliphatic carbocycles. The number of hydrogen-bond acceptors (Lipinski definition) is 5. The Labute approximate surface area is 104 Å². The molecule has 0 radical (unpaired) electrons. The van der Waals surface area contributed by atoms with Crippen molar-refractivity contribution in [2.75, 3.05) is 18.5 Å². The smallest absolute Gasteiger partial charge is 0.148 e. The number of rotatable bonds is 5. The number of ether oxygens (including phenoxy) is 1. The Bertz CT molecular complexity index is 466. The van der Waals surface area contributed by atoms with Crippen LogP contribution in [-0.4, -0.2) is 28.1 Å². The Morgan fingerprint density at radius 3 is 3.00 bits per heavy atom.